The highest BCUT2D eigenvalue weighted by Crippen LogP contribution is 2.21. The molecular weight excluding hydrogens is 497 g/mol. The van der Waals surface area contributed by atoms with E-state index in [4.69, 9.17) is 4.74 Å². The van der Waals surface area contributed by atoms with Crippen molar-refractivity contribution in [1.82, 2.24) is 10.2 Å². The van der Waals surface area contributed by atoms with Gasteiger partial charge >= 0.3 is 0 Å². The summed E-state index contributed by atoms with van der Waals surface area (Å²) in [5, 5.41) is 3.07. The molecule has 0 aliphatic heterocycles. The zero-order valence-electron chi connectivity index (χ0n) is 21.7. The van der Waals surface area contributed by atoms with E-state index in [9.17, 15) is 22.4 Å². The maximum Gasteiger partial charge on any atom is 0.242 e. The highest BCUT2D eigenvalue weighted by Gasteiger charge is 2.28. The predicted octanol–water partition coefficient (Wildman–Crippen LogP) is 3.86. The van der Waals surface area contributed by atoms with E-state index in [1.807, 2.05) is 12.1 Å². The van der Waals surface area contributed by atoms with Gasteiger partial charge < -0.3 is 15.0 Å². The first-order valence-corrected chi connectivity index (χ1v) is 14.4. The molecule has 1 aliphatic rings. The monoisotopic (exact) mass is 533 g/mol. The first-order valence-electron chi connectivity index (χ1n) is 12.5. The van der Waals surface area contributed by atoms with Crippen molar-refractivity contribution in [2.75, 3.05) is 24.2 Å². The summed E-state index contributed by atoms with van der Waals surface area (Å²) in [6.07, 6.45) is 5.40. The molecule has 2 aromatic carbocycles. The van der Waals surface area contributed by atoms with E-state index in [0.29, 0.717) is 11.4 Å². The number of methoxy groups -OCH3 is 1. The maximum absolute atomic E-state index is 13.4. The predicted molar refractivity (Wildman–Crippen MR) is 141 cm³/mol. The molecule has 1 atom stereocenters. The molecule has 0 saturated heterocycles. The van der Waals surface area contributed by atoms with Crippen LogP contribution in [0.15, 0.2) is 48.5 Å². The van der Waals surface area contributed by atoms with Gasteiger partial charge in [-0.15, -0.1) is 0 Å². The number of anilines is 1. The number of ether oxygens (including phenoxy) is 1. The summed E-state index contributed by atoms with van der Waals surface area (Å²) in [6.45, 7) is 2.00. The molecule has 0 heterocycles. The Morgan fingerprint density at radius 1 is 1.08 bits per heavy atom. The fraction of sp³-hybridized carbons (Fsp3) is 0.481. The molecular formula is C27H36FN3O5S. The summed E-state index contributed by atoms with van der Waals surface area (Å²) < 4.78 is 44.4. The van der Waals surface area contributed by atoms with Crippen molar-refractivity contribution in [2.45, 2.75) is 64.1 Å². The second-order valence-corrected chi connectivity index (χ2v) is 11.4. The number of halogens is 1. The SMILES string of the molecule is COc1ccc(CN(C(=O)CCCN(c2ccc(F)cc2)S(C)(=O)=O)[C@@H](C)C(=O)NC2CCCC2)cc1. The highest BCUT2D eigenvalue weighted by molar-refractivity contribution is 7.92. The van der Waals surface area contributed by atoms with Crippen molar-refractivity contribution in [2.24, 2.45) is 0 Å². The van der Waals surface area contributed by atoms with Crippen molar-refractivity contribution < 1.29 is 27.1 Å². The molecule has 2 aromatic rings. The van der Waals surface area contributed by atoms with Gasteiger partial charge in [-0.05, 0) is 68.1 Å². The van der Waals surface area contributed by atoms with E-state index in [2.05, 4.69) is 5.32 Å². The largest absolute Gasteiger partial charge is 0.497 e. The van der Waals surface area contributed by atoms with Crippen LogP contribution < -0.4 is 14.4 Å². The van der Waals surface area contributed by atoms with Crippen LogP contribution in [0.3, 0.4) is 0 Å². The molecule has 1 fully saturated rings. The van der Waals surface area contributed by atoms with Gasteiger partial charge in [-0.2, -0.15) is 0 Å². The lowest BCUT2D eigenvalue weighted by molar-refractivity contribution is -0.141. The average molecular weight is 534 g/mol. The highest BCUT2D eigenvalue weighted by atomic mass is 32.2. The number of nitrogens with zero attached hydrogens (tertiary/aromatic N) is 2. The number of amides is 2. The third kappa shape index (κ3) is 8.18. The molecule has 0 bridgehead atoms. The molecule has 0 aromatic heterocycles. The zero-order chi connectivity index (χ0) is 27.0. The van der Waals surface area contributed by atoms with Crippen LogP contribution in [0.1, 0.15) is 51.0 Å². The smallest absolute Gasteiger partial charge is 0.242 e. The quantitative estimate of drug-likeness (QED) is 0.447. The van der Waals surface area contributed by atoms with E-state index in [0.717, 1.165) is 41.8 Å². The number of carbonyl (C=O) groups excluding carboxylic acids is 2. The van der Waals surface area contributed by atoms with Gasteiger partial charge in [0.2, 0.25) is 21.8 Å². The molecule has 202 valence electrons. The van der Waals surface area contributed by atoms with E-state index in [-0.39, 0.29) is 43.8 Å². The van der Waals surface area contributed by atoms with Crippen LogP contribution in [0.4, 0.5) is 10.1 Å². The molecule has 3 rings (SSSR count). The maximum atomic E-state index is 13.4. The number of hydrogen-bond acceptors (Lipinski definition) is 5. The van der Waals surface area contributed by atoms with Crippen molar-refractivity contribution in [3.8, 4) is 5.75 Å². The lowest BCUT2D eigenvalue weighted by Crippen LogP contribution is -2.49. The second kappa shape index (κ2) is 12.9. The molecule has 2 amide bonds. The first-order chi connectivity index (χ1) is 17.6. The Labute approximate surface area is 218 Å². The van der Waals surface area contributed by atoms with Crippen molar-refractivity contribution >= 4 is 27.5 Å². The van der Waals surface area contributed by atoms with Gasteiger partial charge in [-0.3, -0.25) is 13.9 Å². The summed E-state index contributed by atoms with van der Waals surface area (Å²) in [6, 6.07) is 11.9. The number of rotatable bonds is 12. The van der Waals surface area contributed by atoms with E-state index >= 15 is 0 Å². The van der Waals surface area contributed by atoms with E-state index < -0.39 is 21.9 Å². The van der Waals surface area contributed by atoms with Crippen molar-refractivity contribution in [3.63, 3.8) is 0 Å². The summed E-state index contributed by atoms with van der Waals surface area (Å²) in [5.41, 5.74) is 1.18. The normalized spacial score (nSPS) is 14.7. The Balaban J connectivity index is 1.71. The third-order valence-electron chi connectivity index (χ3n) is 6.65. The number of sulfonamides is 1. The number of carbonyl (C=O) groups is 2. The number of benzene rings is 2. The van der Waals surface area contributed by atoms with Gasteiger partial charge in [0, 0.05) is 25.6 Å². The van der Waals surface area contributed by atoms with Gasteiger partial charge in [0.25, 0.3) is 0 Å². The summed E-state index contributed by atoms with van der Waals surface area (Å²) >= 11 is 0. The fourth-order valence-electron chi connectivity index (χ4n) is 4.51. The Morgan fingerprint density at radius 2 is 1.70 bits per heavy atom. The van der Waals surface area contributed by atoms with Crippen LogP contribution in [0.2, 0.25) is 0 Å². The van der Waals surface area contributed by atoms with E-state index in [1.165, 1.54) is 29.2 Å². The Morgan fingerprint density at radius 3 is 2.27 bits per heavy atom. The number of nitrogens with one attached hydrogen (secondary N) is 1. The molecule has 1 N–H and O–H groups in total. The summed E-state index contributed by atoms with van der Waals surface area (Å²) in [4.78, 5) is 27.9. The molecule has 10 heteroatoms. The van der Waals surface area contributed by atoms with Crippen LogP contribution in [0, 0.1) is 5.82 Å². The summed E-state index contributed by atoms with van der Waals surface area (Å²) in [5.74, 6) is -0.225. The zero-order valence-corrected chi connectivity index (χ0v) is 22.5. The Bertz CT molecular complexity index is 1150. The van der Waals surface area contributed by atoms with Crippen molar-refractivity contribution in [3.05, 3.63) is 59.9 Å². The molecule has 37 heavy (non-hydrogen) atoms. The minimum absolute atomic E-state index is 0.0460. The fourth-order valence-corrected chi connectivity index (χ4v) is 5.48. The van der Waals surface area contributed by atoms with Crippen LogP contribution in [0.25, 0.3) is 0 Å². The third-order valence-corrected chi connectivity index (χ3v) is 7.84. The van der Waals surface area contributed by atoms with E-state index in [1.54, 1.807) is 26.2 Å². The van der Waals surface area contributed by atoms with Crippen LogP contribution in [-0.4, -0.2) is 57.1 Å². The van der Waals surface area contributed by atoms with Gasteiger partial charge in [0.05, 0.1) is 19.1 Å². The summed E-state index contributed by atoms with van der Waals surface area (Å²) in [7, 11) is -2.06. The molecule has 1 aliphatic carbocycles. The topological polar surface area (TPSA) is 96.0 Å². The van der Waals surface area contributed by atoms with Gasteiger partial charge in [-0.25, -0.2) is 12.8 Å². The lowest BCUT2D eigenvalue weighted by Gasteiger charge is -2.30. The molecule has 0 spiro atoms. The van der Waals surface area contributed by atoms with Gasteiger partial charge in [0.15, 0.2) is 0 Å². The Hall–Kier alpha value is -3.14. The minimum Gasteiger partial charge on any atom is -0.497 e. The number of hydrogen-bond donors (Lipinski definition) is 1. The average Bonchev–Trinajstić information content (AvgIpc) is 3.38. The van der Waals surface area contributed by atoms with Crippen LogP contribution in [0.5, 0.6) is 5.75 Å². The standard InChI is InChI=1S/C27H36FN3O5S/c1-20(27(33)29-23-7-4-5-8-23)30(19-21-10-16-25(36-2)17-11-21)26(32)9-6-18-31(37(3,34)35)24-14-12-22(28)13-15-24/h10-17,20,23H,4-9,18-19H2,1-3H3,(H,29,33)/t20-/m0/s1. The molecule has 8 nitrogen and oxygen atoms in total. The first kappa shape index (κ1) is 28.4. The Kier molecular flexibility index (Phi) is 9.91. The van der Waals surface area contributed by atoms with Crippen LogP contribution in [-0.2, 0) is 26.2 Å². The molecule has 0 radical (unpaired) electrons. The van der Waals surface area contributed by atoms with Gasteiger partial charge in [-0.1, -0.05) is 25.0 Å². The minimum atomic E-state index is -3.64. The van der Waals surface area contributed by atoms with Crippen LogP contribution >= 0.6 is 0 Å². The second-order valence-electron chi connectivity index (χ2n) is 9.45. The van der Waals surface area contributed by atoms with Gasteiger partial charge in [0.1, 0.15) is 17.6 Å². The molecule has 0 unspecified atom stereocenters. The lowest BCUT2D eigenvalue weighted by atomic mass is 10.1. The van der Waals surface area contributed by atoms with Crippen molar-refractivity contribution in [1.29, 1.82) is 0 Å². The molecule has 1 saturated carbocycles.